The number of rotatable bonds is 0. The molecule has 0 aromatic carbocycles. The zero-order valence-electron chi connectivity index (χ0n) is 8.63. The molecule has 0 amide bonds. The lowest BCUT2D eigenvalue weighted by atomic mass is 10.2. The average Bonchev–Trinajstić information content (AvgIpc) is 2.52. The number of alkyl halides is 3. The van der Waals surface area contributed by atoms with Gasteiger partial charge in [-0.2, -0.15) is 13.2 Å². The van der Waals surface area contributed by atoms with Gasteiger partial charge in [0.25, 0.3) is 5.56 Å². The Morgan fingerprint density at radius 3 is 2.69 bits per heavy atom. The third-order valence-corrected chi connectivity index (χ3v) is 3.72. The van der Waals surface area contributed by atoms with E-state index in [9.17, 15) is 18.0 Å². The highest BCUT2D eigenvalue weighted by Crippen LogP contribution is 2.34. The van der Waals surface area contributed by atoms with Crippen molar-refractivity contribution in [2.24, 2.45) is 0 Å². The lowest BCUT2D eigenvalue weighted by molar-refractivity contribution is -0.142. The fourth-order valence-corrected chi connectivity index (χ4v) is 2.70. The van der Waals surface area contributed by atoms with Crippen molar-refractivity contribution in [3.8, 4) is 0 Å². The van der Waals surface area contributed by atoms with Gasteiger partial charge >= 0.3 is 6.18 Å². The van der Waals surface area contributed by atoms with Crippen LogP contribution in [0.5, 0.6) is 0 Å². The Balaban J connectivity index is 2.72. The Labute approximate surface area is 93.8 Å². The highest BCUT2D eigenvalue weighted by atomic mass is 32.2. The summed E-state index contributed by atoms with van der Waals surface area (Å²) in [5.41, 5.74) is -2.00. The quantitative estimate of drug-likeness (QED) is 0.708. The SMILES string of the molecule is Cc1c(C(F)(F)F)nc2n(c1=O)SCC2C. The van der Waals surface area contributed by atoms with Gasteiger partial charge in [0.15, 0.2) is 5.69 Å². The third-order valence-electron chi connectivity index (χ3n) is 2.46. The molecule has 0 fully saturated rings. The highest BCUT2D eigenvalue weighted by Gasteiger charge is 2.38. The Bertz CT molecular complexity index is 495. The molecule has 1 aromatic heterocycles. The van der Waals surface area contributed by atoms with Gasteiger partial charge in [-0.3, -0.25) is 4.79 Å². The molecule has 1 atom stereocenters. The number of halogens is 3. The molecular formula is C9H9F3N2OS. The molecule has 2 heterocycles. The molecule has 0 N–H and O–H groups in total. The molecule has 0 spiro atoms. The fraction of sp³-hybridized carbons (Fsp3) is 0.556. The summed E-state index contributed by atoms with van der Waals surface area (Å²) in [6.07, 6.45) is -4.56. The number of nitrogens with zero attached hydrogens (tertiary/aromatic N) is 2. The minimum Gasteiger partial charge on any atom is -0.268 e. The van der Waals surface area contributed by atoms with Crippen molar-refractivity contribution >= 4 is 11.9 Å². The van der Waals surface area contributed by atoms with Crippen LogP contribution in [0.3, 0.4) is 0 Å². The van der Waals surface area contributed by atoms with Gasteiger partial charge in [-0.25, -0.2) is 8.96 Å². The molecule has 1 unspecified atom stereocenters. The molecule has 0 radical (unpaired) electrons. The Hall–Kier alpha value is -0.980. The second-order valence-electron chi connectivity index (χ2n) is 3.74. The van der Waals surface area contributed by atoms with E-state index in [0.717, 1.165) is 6.92 Å². The monoisotopic (exact) mass is 250 g/mol. The van der Waals surface area contributed by atoms with Gasteiger partial charge in [0, 0.05) is 17.2 Å². The van der Waals surface area contributed by atoms with Crippen molar-refractivity contribution in [1.29, 1.82) is 0 Å². The topological polar surface area (TPSA) is 34.9 Å². The molecule has 0 saturated carbocycles. The molecule has 1 aliphatic rings. The van der Waals surface area contributed by atoms with E-state index in [4.69, 9.17) is 0 Å². The van der Waals surface area contributed by atoms with Crippen LogP contribution in [0.4, 0.5) is 13.2 Å². The van der Waals surface area contributed by atoms with Crippen molar-refractivity contribution in [3.05, 3.63) is 27.4 Å². The molecule has 1 aromatic rings. The van der Waals surface area contributed by atoms with E-state index in [1.165, 1.54) is 15.9 Å². The minimum absolute atomic E-state index is 0.126. The maximum atomic E-state index is 12.6. The molecule has 88 valence electrons. The van der Waals surface area contributed by atoms with Crippen molar-refractivity contribution in [2.75, 3.05) is 5.75 Å². The molecule has 1 aliphatic heterocycles. The summed E-state index contributed by atoms with van der Waals surface area (Å²) in [4.78, 5) is 15.3. The standard InChI is InChI=1S/C9H9F3N2OS/c1-4-3-16-14-7(4)13-6(9(10,11)12)5(2)8(14)15/h4H,3H2,1-2H3. The second kappa shape index (κ2) is 3.51. The highest BCUT2D eigenvalue weighted by molar-refractivity contribution is 7.98. The first kappa shape index (κ1) is 11.5. The maximum absolute atomic E-state index is 12.6. The van der Waals surface area contributed by atoms with E-state index < -0.39 is 17.4 Å². The summed E-state index contributed by atoms with van der Waals surface area (Å²) in [6, 6.07) is 0. The maximum Gasteiger partial charge on any atom is 0.433 e. The average molecular weight is 250 g/mol. The van der Waals surface area contributed by atoms with Crippen LogP contribution in [0.25, 0.3) is 0 Å². The van der Waals surface area contributed by atoms with Crippen molar-refractivity contribution in [3.63, 3.8) is 0 Å². The molecule has 0 aliphatic carbocycles. The molecule has 3 nitrogen and oxygen atoms in total. The summed E-state index contributed by atoms with van der Waals surface area (Å²) in [6.45, 7) is 2.92. The summed E-state index contributed by atoms with van der Waals surface area (Å²) in [7, 11) is 0. The summed E-state index contributed by atoms with van der Waals surface area (Å²) in [5.74, 6) is 0.676. The number of fused-ring (bicyclic) bond motifs is 1. The van der Waals surface area contributed by atoms with E-state index in [2.05, 4.69) is 4.98 Å². The van der Waals surface area contributed by atoms with Crippen LogP contribution in [0.1, 0.15) is 29.9 Å². The number of hydrogen-bond acceptors (Lipinski definition) is 3. The summed E-state index contributed by atoms with van der Waals surface area (Å²) < 4.78 is 39.1. The van der Waals surface area contributed by atoms with E-state index in [1.807, 2.05) is 0 Å². The minimum atomic E-state index is -4.56. The van der Waals surface area contributed by atoms with Gasteiger partial charge in [0.1, 0.15) is 5.82 Å². The first-order chi connectivity index (χ1) is 7.32. The zero-order chi connectivity index (χ0) is 12.1. The normalized spacial score (nSPS) is 19.9. The van der Waals surface area contributed by atoms with Crippen LogP contribution in [0, 0.1) is 6.92 Å². The lowest BCUT2D eigenvalue weighted by Gasteiger charge is -2.12. The van der Waals surface area contributed by atoms with Gasteiger partial charge in [-0.05, 0) is 18.9 Å². The third kappa shape index (κ3) is 1.63. The Morgan fingerprint density at radius 1 is 1.50 bits per heavy atom. The molecule has 0 saturated heterocycles. The predicted molar refractivity (Wildman–Crippen MR) is 54.5 cm³/mol. The van der Waals surface area contributed by atoms with Gasteiger partial charge in [-0.1, -0.05) is 6.92 Å². The van der Waals surface area contributed by atoms with Gasteiger partial charge in [-0.15, -0.1) is 0 Å². The second-order valence-corrected chi connectivity index (χ2v) is 4.69. The summed E-state index contributed by atoms with van der Waals surface area (Å²) >= 11 is 1.21. The first-order valence-electron chi connectivity index (χ1n) is 4.66. The van der Waals surface area contributed by atoms with Gasteiger partial charge < -0.3 is 0 Å². The fourth-order valence-electron chi connectivity index (χ4n) is 1.57. The van der Waals surface area contributed by atoms with Crippen LogP contribution in [0.15, 0.2) is 4.79 Å². The van der Waals surface area contributed by atoms with E-state index >= 15 is 0 Å². The Morgan fingerprint density at radius 2 is 2.12 bits per heavy atom. The first-order valence-corrected chi connectivity index (χ1v) is 5.60. The van der Waals surface area contributed by atoms with Crippen molar-refractivity contribution in [1.82, 2.24) is 8.96 Å². The van der Waals surface area contributed by atoms with Crippen molar-refractivity contribution < 1.29 is 13.2 Å². The van der Waals surface area contributed by atoms with Crippen LogP contribution >= 0.6 is 11.9 Å². The molecule has 7 heteroatoms. The van der Waals surface area contributed by atoms with Crippen LogP contribution in [-0.4, -0.2) is 14.7 Å². The molecule has 0 bridgehead atoms. The lowest BCUT2D eigenvalue weighted by Crippen LogP contribution is -2.26. The van der Waals surface area contributed by atoms with E-state index in [1.54, 1.807) is 6.92 Å². The Kier molecular flexibility index (Phi) is 2.52. The van der Waals surface area contributed by atoms with Crippen molar-refractivity contribution in [2.45, 2.75) is 25.9 Å². The molecule has 2 rings (SSSR count). The van der Waals surface area contributed by atoms with Crippen LogP contribution < -0.4 is 5.56 Å². The molecular weight excluding hydrogens is 241 g/mol. The van der Waals surface area contributed by atoms with Crippen LogP contribution in [0.2, 0.25) is 0 Å². The van der Waals surface area contributed by atoms with E-state index in [-0.39, 0.29) is 17.3 Å². The summed E-state index contributed by atoms with van der Waals surface area (Å²) in [5, 5.41) is 0. The number of aromatic nitrogens is 2. The van der Waals surface area contributed by atoms with Crippen LogP contribution in [-0.2, 0) is 6.18 Å². The predicted octanol–water partition coefficient (Wildman–Crippen LogP) is 2.18. The van der Waals surface area contributed by atoms with E-state index in [0.29, 0.717) is 5.75 Å². The van der Waals surface area contributed by atoms with Gasteiger partial charge in [0.05, 0.1) is 0 Å². The largest absolute Gasteiger partial charge is 0.433 e. The number of hydrogen-bond donors (Lipinski definition) is 0. The zero-order valence-corrected chi connectivity index (χ0v) is 9.45. The van der Waals surface area contributed by atoms with Gasteiger partial charge in [0.2, 0.25) is 0 Å². The smallest absolute Gasteiger partial charge is 0.268 e. The molecule has 16 heavy (non-hydrogen) atoms.